The number of carbonyl (C=O) groups is 1. The van der Waals surface area contributed by atoms with Crippen molar-refractivity contribution < 1.29 is 18.3 Å². The maximum atomic E-state index is 10.7. The number of sulfonamides is 1. The fourth-order valence-corrected chi connectivity index (χ4v) is 1.39. The first-order valence-electron chi connectivity index (χ1n) is 2.66. The Morgan fingerprint density at radius 2 is 2.18 bits per heavy atom. The molecule has 6 heteroatoms. The second-order valence-electron chi connectivity index (χ2n) is 1.86. The van der Waals surface area contributed by atoms with Gasteiger partial charge in [-0.15, -0.1) is 0 Å². The largest absolute Gasteiger partial charge is 0.477 e. The lowest BCUT2D eigenvalue weighted by Gasteiger charge is -2.06. The first-order valence-corrected chi connectivity index (χ1v) is 4.20. The van der Waals surface area contributed by atoms with Crippen molar-refractivity contribution in [2.45, 2.75) is 0 Å². The third-order valence-corrected chi connectivity index (χ3v) is 2.02. The first-order chi connectivity index (χ1) is 5.01. The zero-order valence-corrected chi connectivity index (χ0v) is 6.13. The van der Waals surface area contributed by atoms with Crippen molar-refractivity contribution in [3.05, 3.63) is 23.3 Å². The van der Waals surface area contributed by atoms with Crippen molar-refractivity contribution in [1.29, 1.82) is 0 Å². The molecule has 1 aliphatic rings. The van der Waals surface area contributed by atoms with Gasteiger partial charge in [0.2, 0.25) is 0 Å². The van der Waals surface area contributed by atoms with E-state index >= 15 is 0 Å². The smallest absolute Gasteiger partial charge is 0.352 e. The summed E-state index contributed by atoms with van der Waals surface area (Å²) in [5, 5.41) is 9.23. The molecule has 0 saturated heterocycles. The first kappa shape index (κ1) is 7.80. The molecule has 1 rings (SSSR count). The van der Waals surface area contributed by atoms with Gasteiger partial charge in [-0.3, -0.25) is 4.72 Å². The molecular weight excluding hydrogens is 170 g/mol. The third kappa shape index (κ3) is 1.81. The SMILES string of the molecule is O=C(O)C1=CC=CS(=O)(=O)N1. The summed E-state index contributed by atoms with van der Waals surface area (Å²) < 4.78 is 23.2. The van der Waals surface area contributed by atoms with Gasteiger partial charge < -0.3 is 5.11 Å². The molecule has 60 valence electrons. The zero-order chi connectivity index (χ0) is 8.48. The maximum Gasteiger partial charge on any atom is 0.352 e. The highest BCUT2D eigenvalue weighted by molar-refractivity contribution is 7.92. The van der Waals surface area contributed by atoms with Gasteiger partial charge in [0, 0.05) is 0 Å². The molecule has 2 N–H and O–H groups in total. The van der Waals surface area contributed by atoms with E-state index in [0.717, 1.165) is 11.5 Å². The number of carboxylic acids is 1. The van der Waals surface area contributed by atoms with Crippen molar-refractivity contribution in [2.75, 3.05) is 0 Å². The molecule has 0 bridgehead atoms. The van der Waals surface area contributed by atoms with Crippen molar-refractivity contribution in [3.63, 3.8) is 0 Å². The Hall–Kier alpha value is -1.30. The number of hydrogen-bond acceptors (Lipinski definition) is 3. The molecule has 1 heterocycles. The molecule has 0 radical (unpaired) electrons. The molecule has 5 nitrogen and oxygen atoms in total. The zero-order valence-electron chi connectivity index (χ0n) is 5.31. The summed E-state index contributed by atoms with van der Waals surface area (Å²) in [7, 11) is -3.56. The van der Waals surface area contributed by atoms with E-state index < -0.39 is 16.0 Å². The van der Waals surface area contributed by atoms with E-state index in [2.05, 4.69) is 0 Å². The lowest BCUT2D eigenvalue weighted by atomic mass is 10.4. The molecule has 0 amide bonds. The van der Waals surface area contributed by atoms with E-state index in [4.69, 9.17) is 5.11 Å². The predicted molar refractivity (Wildman–Crippen MR) is 36.9 cm³/mol. The van der Waals surface area contributed by atoms with Crippen molar-refractivity contribution >= 4 is 16.0 Å². The van der Waals surface area contributed by atoms with Crippen LogP contribution in [0.25, 0.3) is 0 Å². The number of hydrogen-bond donors (Lipinski definition) is 2. The summed E-state index contributed by atoms with van der Waals surface area (Å²) in [4.78, 5) is 10.2. The van der Waals surface area contributed by atoms with Crippen LogP contribution in [0.5, 0.6) is 0 Å². The average Bonchev–Trinajstić information content (AvgIpc) is 1.85. The topological polar surface area (TPSA) is 83.5 Å². The van der Waals surface area contributed by atoms with Gasteiger partial charge in [0.15, 0.2) is 0 Å². The second-order valence-corrected chi connectivity index (χ2v) is 3.43. The molecule has 1 aliphatic heterocycles. The van der Waals surface area contributed by atoms with Crippen LogP contribution in [0.2, 0.25) is 0 Å². The molecule has 0 unspecified atom stereocenters. The summed E-state index contributed by atoms with van der Waals surface area (Å²) in [6, 6.07) is 0. The van der Waals surface area contributed by atoms with E-state index in [1.54, 1.807) is 0 Å². The number of nitrogens with one attached hydrogen (secondary N) is 1. The molecule has 0 aromatic rings. The standard InChI is InChI=1S/C5H5NO4S/c7-5(8)4-2-1-3-11(9,10)6-4/h1-3,6H,(H,7,8). The molecule has 0 aromatic carbocycles. The number of aliphatic carboxylic acids is 1. The van der Waals surface area contributed by atoms with Crippen LogP contribution in [0.3, 0.4) is 0 Å². The van der Waals surface area contributed by atoms with Gasteiger partial charge in [-0.05, 0) is 12.2 Å². The molecule has 0 fully saturated rings. The van der Waals surface area contributed by atoms with E-state index in [1.165, 1.54) is 6.08 Å². The molecule has 0 aromatic heterocycles. The summed E-state index contributed by atoms with van der Waals surface area (Å²) in [6.45, 7) is 0. The summed E-state index contributed by atoms with van der Waals surface area (Å²) in [5.74, 6) is -1.29. The van der Waals surface area contributed by atoms with Crippen LogP contribution in [0, 0.1) is 0 Å². The average molecular weight is 175 g/mol. The predicted octanol–water partition coefficient (Wildman–Crippen LogP) is -0.598. The molecule has 0 atom stereocenters. The second kappa shape index (κ2) is 2.39. The fraction of sp³-hybridized carbons (Fsp3) is 0. The van der Waals surface area contributed by atoms with Gasteiger partial charge in [-0.25, -0.2) is 13.2 Å². The highest BCUT2D eigenvalue weighted by Gasteiger charge is 2.15. The number of carboxylic acid groups (broad SMARTS) is 1. The van der Waals surface area contributed by atoms with E-state index in [1.807, 2.05) is 4.72 Å². The quantitative estimate of drug-likeness (QED) is 0.557. The Bertz CT molecular complexity index is 337. The lowest BCUT2D eigenvalue weighted by Crippen LogP contribution is -2.27. The lowest BCUT2D eigenvalue weighted by molar-refractivity contribution is -0.132. The minimum atomic E-state index is -3.56. The normalized spacial score (nSPS) is 20.2. The van der Waals surface area contributed by atoms with Crippen LogP contribution in [-0.2, 0) is 14.8 Å². The summed E-state index contributed by atoms with van der Waals surface area (Å²) in [6.07, 6.45) is 2.33. The molecular formula is C5H5NO4S. The minimum absolute atomic E-state index is 0.340. The van der Waals surface area contributed by atoms with Crippen molar-refractivity contribution in [3.8, 4) is 0 Å². The third-order valence-electron chi connectivity index (χ3n) is 1.00. The Morgan fingerprint density at radius 1 is 1.55 bits per heavy atom. The van der Waals surface area contributed by atoms with Crippen molar-refractivity contribution in [1.82, 2.24) is 4.72 Å². The van der Waals surface area contributed by atoms with E-state index in [9.17, 15) is 13.2 Å². The van der Waals surface area contributed by atoms with Crippen LogP contribution in [-0.4, -0.2) is 19.5 Å². The Labute approximate surface area is 63.1 Å². The Balaban J connectivity index is 2.99. The van der Waals surface area contributed by atoms with Gasteiger partial charge >= 0.3 is 5.97 Å². The van der Waals surface area contributed by atoms with Gasteiger partial charge in [-0.2, -0.15) is 0 Å². The van der Waals surface area contributed by atoms with Gasteiger partial charge in [0.1, 0.15) is 5.70 Å². The highest BCUT2D eigenvalue weighted by Crippen LogP contribution is 2.02. The molecule has 11 heavy (non-hydrogen) atoms. The monoisotopic (exact) mass is 175 g/mol. The van der Waals surface area contributed by atoms with Crippen LogP contribution in [0.15, 0.2) is 23.3 Å². The summed E-state index contributed by atoms with van der Waals surface area (Å²) in [5.41, 5.74) is -0.340. The molecule has 0 aliphatic carbocycles. The van der Waals surface area contributed by atoms with E-state index in [-0.39, 0.29) is 5.70 Å². The molecule has 0 saturated carbocycles. The van der Waals surface area contributed by atoms with Crippen LogP contribution < -0.4 is 4.72 Å². The molecule has 0 spiro atoms. The van der Waals surface area contributed by atoms with Crippen LogP contribution in [0.1, 0.15) is 0 Å². The van der Waals surface area contributed by atoms with E-state index in [0.29, 0.717) is 0 Å². The fourth-order valence-electron chi connectivity index (χ4n) is 0.575. The van der Waals surface area contributed by atoms with Crippen molar-refractivity contribution in [2.24, 2.45) is 0 Å². The van der Waals surface area contributed by atoms with Crippen LogP contribution >= 0.6 is 0 Å². The van der Waals surface area contributed by atoms with Gasteiger partial charge in [0.25, 0.3) is 10.0 Å². The summed E-state index contributed by atoms with van der Waals surface area (Å²) >= 11 is 0. The Kier molecular flexibility index (Phi) is 1.69. The Morgan fingerprint density at radius 3 is 2.55 bits per heavy atom. The van der Waals surface area contributed by atoms with Crippen LogP contribution in [0.4, 0.5) is 0 Å². The number of allylic oxidation sites excluding steroid dienone is 2. The maximum absolute atomic E-state index is 10.7. The minimum Gasteiger partial charge on any atom is -0.477 e. The van der Waals surface area contributed by atoms with Gasteiger partial charge in [-0.1, -0.05) is 0 Å². The van der Waals surface area contributed by atoms with Gasteiger partial charge in [0.05, 0.1) is 5.41 Å². The highest BCUT2D eigenvalue weighted by atomic mass is 32.2. The number of rotatable bonds is 1.